The van der Waals surface area contributed by atoms with Gasteiger partial charge < -0.3 is 9.84 Å². The van der Waals surface area contributed by atoms with Gasteiger partial charge in [0.15, 0.2) is 0 Å². The lowest BCUT2D eigenvalue weighted by molar-refractivity contribution is -0.136. The topological polar surface area (TPSA) is 63.6 Å². The summed E-state index contributed by atoms with van der Waals surface area (Å²) < 4.78 is 5.09. The number of aldehydes is 1. The lowest BCUT2D eigenvalue weighted by Gasteiger charge is -2.14. The highest BCUT2D eigenvalue weighted by Crippen LogP contribution is 2.34. The van der Waals surface area contributed by atoms with Crippen LogP contribution in [-0.4, -0.2) is 30.7 Å². The number of rotatable bonds is 5. The van der Waals surface area contributed by atoms with Crippen LogP contribution in [0.1, 0.15) is 21.2 Å². The van der Waals surface area contributed by atoms with Crippen LogP contribution < -0.4 is 4.74 Å². The number of benzene rings is 1. The molecule has 1 aromatic carbocycles. The second kappa shape index (κ2) is 5.55. The van der Waals surface area contributed by atoms with Gasteiger partial charge in [-0.3, -0.25) is 9.59 Å². The molecule has 0 aliphatic heterocycles. The molecule has 0 aromatic heterocycles. The van der Waals surface area contributed by atoms with E-state index in [-0.39, 0.29) is 0 Å². The Morgan fingerprint density at radius 2 is 2.25 bits per heavy atom. The van der Waals surface area contributed by atoms with Gasteiger partial charge in [-0.25, -0.2) is 0 Å². The molecule has 1 atom stereocenters. The maximum Gasteiger partial charge on any atom is 0.321 e. The summed E-state index contributed by atoms with van der Waals surface area (Å²) in [6.07, 6.45) is 2.38. The van der Waals surface area contributed by atoms with Crippen molar-refractivity contribution < 1.29 is 19.4 Å². The zero-order chi connectivity index (χ0) is 12.1. The van der Waals surface area contributed by atoms with Crippen LogP contribution in [0.4, 0.5) is 0 Å². The number of thioether (sulfide) groups is 1. The summed E-state index contributed by atoms with van der Waals surface area (Å²) in [5.74, 6) is -0.471. The van der Waals surface area contributed by atoms with Crippen molar-refractivity contribution in [2.45, 2.75) is 5.25 Å². The average Bonchev–Trinajstić information content (AvgIpc) is 2.29. The molecule has 0 fully saturated rings. The second-order valence-electron chi connectivity index (χ2n) is 3.07. The first kappa shape index (κ1) is 12.6. The first-order valence-corrected chi connectivity index (χ1v) is 5.81. The molecule has 0 bridgehead atoms. The third-order valence-electron chi connectivity index (χ3n) is 2.13. The van der Waals surface area contributed by atoms with Crippen LogP contribution in [0.3, 0.4) is 0 Å². The zero-order valence-corrected chi connectivity index (χ0v) is 9.78. The van der Waals surface area contributed by atoms with Crippen LogP contribution in [0, 0.1) is 0 Å². The van der Waals surface area contributed by atoms with E-state index in [1.54, 1.807) is 24.5 Å². The van der Waals surface area contributed by atoms with Gasteiger partial charge in [0.2, 0.25) is 0 Å². The SMILES string of the molecule is COc1ccc(C=O)cc1C(SC)C(=O)O. The van der Waals surface area contributed by atoms with Gasteiger partial charge in [0.25, 0.3) is 0 Å². The Bertz CT molecular complexity index is 403. The van der Waals surface area contributed by atoms with Crippen molar-refractivity contribution in [1.82, 2.24) is 0 Å². The lowest BCUT2D eigenvalue weighted by atomic mass is 10.1. The Kier molecular flexibility index (Phi) is 4.37. The number of carbonyl (C=O) groups excluding carboxylic acids is 1. The van der Waals surface area contributed by atoms with E-state index in [0.717, 1.165) is 0 Å². The fraction of sp³-hybridized carbons (Fsp3) is 0.273. The minimum absolute atomic E-state index is 0.441. The summed E-state index contributed by atoms with van der Waals surface area (Å²) >= 11 is 1.18. The van der Waals surface area contributed by atoms with Crippen molar-refractivity contribution in [2.24, 2.45) is 0 Å². The number of carbonyl (C=O) groups is 2. The van der Waals surface area contributed by atoms with Crippen molar-refractivity contribution in [1.29, 1.82) is 0 Å². The molecule has 0 spiro atoms. The first-order valence-electron chi connectivity index (χ1n) is 4.52. The number of aliphatic carboxylic acids is 1. The van der Waals surface area contributed by atoms with Crippen LogP contribution in [0.5, 0.6) is 5.75 Å². The number of carboxylic acid groups (broad SMARTS) is 1. The average molecular weight is 240 g/mol. The molecular formula is C11H12O4S. The lowest BCUT2D eigenvalue weighted by Crippen LogP contribution is -2.09. The molecule has 0 saturated carbocycles. The summed E-state index contributed by atoms with van der Waals surface area (Å²) in [6, 6.07) is 4.74. The molecule has 0 aliphatic rings. The Hall–Kier alpha value is -1.49. The van der Waals surface area contributed by atoms with Crippen LogP contribution in [0.2, 0.25) is 0 Å². The predicted octanol–water partition coefficient (Wildman–Crippen LogP) is 2.00. The van der Waals surface area contributed by atoms with Crippen LogP contribution in [0.25, 0.3) is 0 Å². The summed E-state index contributed by atoms with van der Waals surface area (Å²) in [4.78, 5) is 21.7. The fourth-order valence-electron chi connectivity index (χ4n) is 1.39. The van der Waals surface area contributed by atoms with Gasteiger partial charge in [-0.1, -0.05) is 0 Å². The Labute approximate surface area is 97.6 Å². The van der Waals surface area contributed by atoms with Gasteiger partial charge in [0, 0.05) is 11.1 Å². The summed E-state index contributed by atoms with van der Waals surface area (Å²) in [5, 5.41) is 8.32. The quantitative estimate of drug-likeness (QED) is 0.797. The van der Waals surface area contributed by atoms with Crippen molar-refractivity contribution in [3.63, 3.8) is 0 Å². The minimum Gasteiger partial charge on any atom is -0.496 e. The normalized spacial score (nSPS) is 11.9. The molecule has 0 heterocycles. The van der Waals surface area contributed by atoms with Crippen LogP contribution in [0.15, 0.2) is 18.2 Å². The van der Waals surface area contributed by atoms with Crippen molar-refractivity contribution in [2.75, 3.05) is 13.4 Å². The monoisotopic (exact) mass is 240 g/mol. The second-order valence-corrected chi connectivity index (χ2v) is 4.02. The highest BCUT2D eigenvalue weighted by Gasteiger charge is 2.22. The molecule has 0 radical (unpaired) electrons. The first-order chi connectivity index (χ1) is 7.63. The Balaban J connectivity index is 3.26. The Morgan fingerprint density at radius 3 is 2.69 bits per heavy atom. The number of methoxy groups -OCH3 is 1. The highest BCUT2D eigenvalue weighted by molar-refractivity contribution is 7.99. The standard InChI is InChI=1S/C11H12O4S/c1-15-9-4-3-7(6-12)5-8(9)10(16-2)11(13)14/h3-6,10H,1-2H3,(H,13,14). The molecule has 1 unspecified atom stereocenters. The number of hydrogen-bond donors (Lipinski definition) is 1. The summed E-state index contributed by atoms with van der Waals surface area (Å²) in [6.45, 7) is 0. The molecule has 0 saturated heterocycles. The van der Waals surface area contributed by atoms with E-state index in [2.05, 4.69) is 0 Å². The van der Waals surface area contributed by atoms with Gasteiger partial charge in [-0.15, -0.1) is 11.8 Å². The smallest absolute Gasteiger partial charge is 0.321 e. The number of ether oxygens (including phenoxy) is 1. The highest BCUT2D eigenvalue weighted by atomic mass is 32.2. The molecular weight excluding hydrogens is 228 g/mol. The maximum absolute atomic E-state index is 11.0. The summed E-state index contributed by atoms with van der Waals surface area (Å²) in [7, 11) is 1.47. The van der Waals surface area contributed by atoms with E-state index >= 15 is 0 Å². The summed E-state index contributed by atoms with van der Waals surface area (Å²) in [5.41, 5.74) is 0.947. The minimum atomic E-state index is -0.950. The van der Waals surface area contributed by atoms with E-state index in [4.69, 9.17) is 9.84 Å². The van der Waals surface area contributed by atoms with Crippen LogP contribution in [-0.2, 0) is 4.79 Å². The number of carboxylic acids is 1. The zero-order valence-electron chi connectivity index (χ0n) is 8.97. The third-order valence-corrected chi connectivity index (χ3v) is 3.06. The largest absolute Gasteiger partial charge is 0.496 e. The number of hydrogen-bond acceptors (Lipinski definition) is 4. The van der Waals surface area contributed by atoms with Gasteiger partial charge in [0.05, 0.1) is 7.11 Å². The fourth-order valence-corrected chi connectivity index (χ4v) is 2.03. The third kappa shape index (κ3) is 2.55. The molecule has 1 aromatic rings. The molecule has 1 rings (SSSR count). The molecule has 0 aliphatic carbocycles. The molecule has 16 heavy (non-hydrogen) atoms. The van der Waals surface area contributed by atoms with Crippen molar-refractivity contribution in [3.05, 3.63) is 29.3 Å². The van der Waals surface area contributed by atoms with Gasteiger partial charge in [0.1, 0.15) is 17.3 Å². The molecule has 5 heteroatoms. The molecule has 4 nitrogen and oxygen atoms in total. The predicted molar refractivity (Wildman–Crippen MR) is 62.3 cm³/mol. The van der Waals surface area contributed by atoms with E-state index in [1.165, 1.54) is 18.9 Å². The van der Waals surface area contributed by atoms with E-state index in [1.807, 2.05) is 0 Å². The van der Waals surface area contributed by atoms with Gasteiger partial charge in [-0.2, -0.15) is 0 Å². The van der Waals surface area contributed by atoms with Gasteiger partial charge >= 0.3 is 5.97 Å². The maximum atomic E-state index is 11.0. The molecule has 0 amide bonds. The van der Waals surface area contributed by atoms with Crippen molar-refractivity contribution >= 4 is 24.0 Å². The van der Waals surface area contributed by atoms with Crippen LogP contribution >= 0.6 is 11.8 Å². The molecule has 1 N–H and O–H groups in total. The van der Waals surface area contributed by atoms with Gasteiger partial charge in [-0.05, 0) is 24.5 Å². The van der Waals surface area contributed by atoms with E-state index in [0.29, 0.717) is 23.2 Å². The van der Waals surface area contributed by atoms with Crippen molar-refractivity contribution in [3.8, 4) is 5.75 Å². The Morgan fingerprint density at radius 1 is 1.56 bits per heavy atom. The van der Waals surface area contributed by atoms with E-state index in [9.17, 15) is 9.59 Å². The molecule has 86 valence electrons. The van der Waals surface area contributed by atoms with E-state index < -0.39 is 11.2 Å².